The van der Waals surface area contributed by atoms with Crippen LogP contribution in [0.15, 0.2) is 47.1 Å². The largest absolute Gasteiger partial charge is 0.464 e. The summed E-state index contributed by atoms with van der Waals surface area (Å²) >= 11 is 0. The van der Waals surface area contributed by atoms with E-state index >= 15 is 0 Å². The van der Waals surface area contributed by atoms with Gasteiger partial charge in [-0.1, -0.05) is 12.1 Å². The Bertz CT molecular complexity index is 1000. The van der Waals surface area contributed by atoms with Gasteiger partial charge in [-0.25, -0.2) is 4.79 Å². The molecule has 1 unspecified atom stereocenters. The molecule has 1 aromatic rings. The summed E-state index contributed by atoms with van der Waals surface area (Å²) in [6, 6.07) is 9.19. The van der Waals surface area contributed by atoms with E-state index in [1.165, 1.54) is 13.8 Å². The zero-order valence-corrected chi connectivity index (χ0v) is 19.8. The highest BCUT2D eigenvalue weighted by Crippen LogP contribution is 2.40. The molecule has 0 radical (unpaired) electrons. The zero-order valence-electron chi connectivity index (χ0n) is 19.8. The first-order valence-electron chi connectivity index (χ1n) is 10.8. The number of nitriles is 1. The molecular formula is C24H29N3O7. The summed E-state index contributed by atoms with van der Waals surface area (Å²) in [6.07, 6.45) is 0. The molecule has 182 valence electrons. The standard InChI is InChI=1S/C24H29N3O7/c1-5-31-24(30)21-15(2)34-23(26)20(14-25)22(21)18-6-8-19(9-7-18)27(10-12-32-16(3)28)11-13-33-17(4)29/h6-9,22H,5,10-13,26H2,1-4H3. The van der Waals surface area contributed by atoms with Gasteiger partial charge in [-0.15, -0.1) is 0 Å². The molecule has 0 spiro atoms. The maximum absolute atomic E-state index is 12.7. The summed E-state index contributed by atoms with van der Waals surface area (Å²) in [5.74, 6) is -1.91. The Morgan fingerprint density at radius 2 is 1.62 bits per heavy atom. The summed E-state index contributed by atoms with van der Waals surface area (Å²) in [7, 11) is 0. The van der Waals surface area contributed by atoms with E-state index in [1.807, 2.05) is 11.0 Å². The van der Waals surface area contributed by atoms with Crippen LogP contribution in [0.2, 0.25) is 0 Å². The monoisotopic (exact) mass is 471 g/mol. The molecule has 0 aliphatic carbocycles. The van der Waals surface area contributed by atoms with E-state index in [0.717, 1.165) is 5.69 Å². The van der Waals surface area contributed by atoms with Crippen molar-refractivity contribution in [1.82, 2.24) is 0 Å². The molecule has 34 heavy (non-hydrogen) atoms. The topological polar surface area (TPSA) is 141 Å². The van der Waals surface area contributed by atoms with Crippen molar-refractivity contribution in [3.63, 3.8) is 0 Å². The Balaban J connectivity index is 2.36. The lowest BCUT2D eigenvalue weighted by Crippen LogP contribution is -2.32. The van der Waals surface area contributed by atoms with E-state index in [4.69, 9.17) is 24.7 Å². The predicted octanol–water partition coefficient (Wildman–Crippen LogP) is 2.26. The molecule has 0 saturated heterocycles. The number of hydrogen-bond donors (Lipinski definition) is 1. The maximum Gasteiger partial charge on any atom is 0.338 e. The van der Waals surface area contributed by atoms with Crippen LogP contribution in [-0.4, -0.2) is 50.8 Å². The minimum absolute atomic E-state index is 0.0634. The normalized spacial score (nSPS) is 15.2. The molecule has 1 aliphatic heterocycles. The van der Waals surface area contributed by atoms with E-state index in [2.05, 4.69) is 0 Å². The van der Waals surface area contributed by atoms with Crippen molar-refractivity contribution in [1.29, 1.82) is 5.26 Å². The first kappa shape index (κ1) is 26.3. The smallest absolute Gasteiger partial charge is 0.338 e. The number of nitrogens with zero attached hydrogens (tertiary/aromatic N) is 2. The Hall–Kier alpha value is -4.00. The second kappa shape index (κ2) is 12.3. The predicted molar refractivity (Wildman–Crippen MR) is 122 cm³/mol. The van der Waals surface area contributed by atoms with Crippen LogP contribution in [0, 0.1) is 11.3 Å². The van der Waals surface area contributed by atoms with Crippen LogP contribution in [0.25, 0.3) is 0 Å². The number of rotatable bonds is 10. The summed E-state index contributed by atoms with van der Waals surface area (Å²) in [4.78, 5) is 36.8. The molecule has 10 nitrogen and oxygen atoms in total. The molecular weight excluding hydrogens is 442 g/mol. The average molecular weight is 472 g/mol. The highest BCUT2D eigenvalue weighted by Gasteiger charge is 2.36. The Morgan fingerprint density at radius 1 is 1.06 bits per heavy atom. The molecule has 2 N–H and O–H groups in total. The van der Waals surface area contributed by atoms with Crippen molar-refractivity contribution < 1.29 is 33.3 Å². The fraction of sp³-hybridized carbons (Fsp3) is 0.417. The van der Waals surface area contributed by atoms with Crippen molar-refractivity contribution in [2.45, 2.75) is 33.6 Å². The molecule has 0 saturated carbocycles. The number of esters is 3. The van der Waals surface area contributed by atoms with Gasteiger partial charge in [0.15, 0.2) is 0 Å². The molecule has 10 heteroatoms. The lowest BCUT2D eigenvalue weighted by Gasteiger charge is -2.28. The third kappa shape index (κ3) is 6.75. The van der Waals surface area contributed by atoms with Crippen LogP contribution < -0.4 is 10.6 Å². The second-order valence-corrected chi connectivity index (χ2v) is 7.37. The number of benzene rings is 1. The van der Waals surface area contributed by atoms with Gasteiger partial charge in [0.05, 0.1) is 31.2 Å². The van der Waals surface area contributed by atoms with Crippen LogP contribution in [0.1, 0.15) is 39.2 Å². The molecule has 1 atom stereocenters. The van der Waals surface area contributed by atoms with E-state index in [1.54, 1.807) is 38.1 Å². The molecule has 1 heterocycles. The van der Waals surface area contributed by atoms with Crippen molar-refractivity contribution in [2.75, 3.05) is 37.8 Å². The molecule has 0 aromatic heterocycles. The van der Waals surface area contributed by atoms with Gasteiger partial charge in [0.1, 0.15) is 30.6 Å². The third-order valence-corrected chi connectivity index (χ3v) is 5.03. The van der Waals surface area contributed by atoms with Gasteiger partial charge in [-0.3, -0.25) is 9.59 Å². The van der Waals surface area contributed by atoms with Gasteiger partial charge in [0.25, 0.3) is 0 Å². The Kier molecular flexibility index (Phi) is 9.49. The van der Waals surface area contributed by atoms with E-state index in [9.17, 15) is 19.6 Å². The van der Waals surface area contributed by atoms with Gasteiger partial charge in [-0.2, -0.15) is 5.26 Å². The van der Waals surface area contributed by atoms with E-state index < -0.39 is 23.8 Å². The maximum atomic E-state index is 12.7. The summed E-state index contributed by atoms with van der Waals surface area (Å²) in [5.41, 5.74) is 7.68. The summed E-state index contributed by atoms with van der Waals surface area (Å²) in [6.45, 7) is 7.18. The fourth-order valence-electron chi connectivity index (χ4n) is 3.53. The molecule has 1 aromatic carbocycles. The number of ether oxygens (including phenoxy) is 4. The zero-order chi connectivity index (χ0) is 25.3. The van der Waals surface area contributed by atoms with Crippen LogP contribution in [0.3, 0.4) is 0 Å². The average Bonchev–Trinajstić information content (AvgIpc) is 2.77. The van der Waals surface area contributed by atoms with Crippen molar-refractivity contribution in [3.8, 4) is 6.07 Å². The number of anilines is 1. The Morgan fingerprint density at radius 3 is 2.09 bits per heavy atom. The van der Waals surface area contributed by atoms with Crippen LogP contribution in [-0.2, 0) is 33.3 Å². The third-order valence-electron chi connectivity index (χ3n) is 5.03. The lowest BCUT2D eigenvalue weighted by atomic mass is 9.83. The first-order valence-corrected chi connectivity index (χ1v) is 10.8. The molecule has 0 bridgehead atoms. The number of carbonyl (C=O) groups excluding carboxylic acids is 3. The second-order valence-electron chi connectivity index (χ2n) is 7.37. The van der Waals surface area contributed by atoms with Crippen molar-refractivity contribution in [3.05, 3.63) is 52.6 Å². The Labute approximate surface area is 198 Å². The number of hydrogen-bond acceptors (Lipinski definition) is 10. The lowest BCUT2D eigenvalue weighted by molar-refractivity contribution is -0.141. The van der Waals surface area contributed by atoms with E-state index in [0.29, 0.717) is 18.7 Å². The fourth-order valence-corrected chi connectivity index (χ4v) is 3.53. The SMILES string of the molecule is CCOC(=O)C1=C(C)OC(N)=C(C#N)C1c1ccc(N(CCOC(C)=O)CCOC(C)=O)cc1. The number of nitrogens with two attached hydrogens (primary N) is 1. The minimum atomic E-state index is -0.748. The molecule has 2 rings (SSSR count). The van der Waals surface area contributed by atoms with Gasteiger partial charge < -0.3 is 29.6 Å². The number of carbonyl (C=O) groups is 3. The highest BCUT2D eigenvalue weighted by molar-refractivity contribution is 5.92. The van der Waals surface area contributed by atoms with Crippen LogP contribution in [0.5, 0.6) is 0 Å². The van der Waals surface area contributed by atoms with Gasteiger partial charge in [-0.05, 0) is 31.5 Å². The molecule has 0 amide bonds. The quantitative estimate of drug-likeness (QED) is 0.399. The van der Waals surface area contributed by atoms with Gasteiger partial charge in [0, 0.05) is 19.5 Å². The van der Waals surface area contributed by atoms with Crippen LogP contribution >= 0.6 is 0 Å². The van der Waals surface area contributed by atoms with Crippen molar-refractivity contribution >= 4 is 23.6 Å². The summed E-state index contributed by atoms with van der Waals surface area (Å²) < 4.78 is 20.7. The van der Waals surface area contributed by atoms with Gasteiger partial charge >= 0.3 is 17.9 Å². The highest BCUT2D eigenvalue weighted by atomic mass is 16.5. The number of allylic oxidation sites excluding steroid dienone is 2. The van der Waals surface area contributed by atoms with Crippen LogP contribution in [0.4, 0.5) is 5.69 Å². The summed E-state index contributed by atoms with van der Waals surface area (Å²) in [5, 5.41) is 9.70. The molecule has 0 fully saturated rings. The first-order chi connectivity index (χ1) is 16.2. The van der Waals surface area contributed by atoms with Gasteiger partial charge in [0.2, 0.25) is 5.88 Å². The molecule has 1 aliphatic rings. The van der Waals surface area contributed by atoms with E-state index in [-0.39, 0.29) is 42.6 Å². The minimum Gasteiger partial charge on any atom is -0.464 e. The van der Waals surface area contributed by atoms with Crippen molar-refractivity contribution in [2.24, 2.45) is 5.73 Å².